The molecule has 0 aliphatic heterocycles. The Kier molecular flexibility index (Phi) is 6.72. The first-order valence-electron chi connectivity index (χ1n) is 9.39. The molecule has 0 atom stereocenters. The van der Waals surface area contributed by atoms with E-state index in [1.807, 2.05) is 0 Å². The van der Waals surface area contributed by atoms with Crippen LogP contribution in [-0.4, -0.2) is 34.2 Å². The number of esters is 1. The Balaban J connectivity index is 2.25. The Morgan fingerprint density at radius 2 is 1.54 bits per heavy atom. The number of aryl methyl sites for hydroxylation is 1. The number of nitrogens with two attached hydrogens (primary N) is 1. The summed E-state index contributed by atoms with van der Waals surface area (Å²) in [5.74, 6) is -1.30. The van der Waals surface area contributed by atoms with Crippen LogP contribution in [0.4, 0.5) is 35.5 Å². The van der Waals surface area contributed by atoms with E-state index in [2.05, 4.69) is 25.8 Å². The van der Waals surface area contributed by atoms with Crippen molar-refractivity contribution in [2.24, 2.45) is 5.73 Å². The van der Waals surface area contributed by atoms with Crippen LogP contribution < -0.4 is 5.73 Å². The Bertz CT molecular complexity index is 1270. The van der Waals surface area contributed by atoms with E-state index >= 15 is 0 Å². The molecule has 3 aromatic rings. The summed E-state index contributed by atoms with van der Waals surface area (Å²) in [6.45, 7) is 1.10. The summed E-state index contributed by atoms with van der Waals surface area (Å²) >= 11 is 3.14. The second-order valence-electron chi connectivity index (χ2n) is 7.15. The zero-order valence-electron chi connectivity index (χ0n) is 17.3. The van der Waals surface area contributed by atoms with Crippen LogP contribution in [0.25, 0.3) is 16.9 Å². The maximum Gasteiger partial charge on any atom is 0.435 e. The van der Waals surface area contributed by atoms with Gasteiger partial charge in [0.05, 0.1) is 5.69 Å². The maximum atomic E-state index is 14.5. The first-order chi connectivity index (χ1) is 16.1. The van der Waals surface area contributed by atoms with Crippen molar-refractivity contribution in [2.45, 2.75) is 24.9 Å². The number of primary amides is 1. The number of nitrogens with zero attached hydrogens (tertiary/aromatic N) is 2. The van der Waals surface area contributed by atoms with Gasteiger partial charge in [-0.05, 0) is 40.5 Å². The summed E-state index contributed by atoms with van der Waals surface area (Å²) in [6.07, 6.45) is -14.1. The van der Waals surface area contributed by atoms with Gasteiger partial charge in [0.25, 0.3) is 0 Å². The Labute approximate surface area is 200 Å². The minimum atomic E-state index is -6.30. The summed E-state index contributed by atoms with van der Waals surface area (Å²) in [6, 6.07) is 9.48. The van der Waals surface area contributed by atoms with Crippen LogP contribution in [0.15, 0.2) is 53.1 Å². The molecular formula is C21H13BrF7N3O3. The number of hydrogen-bond donors (Lipinski definition) is 1. The van der Waals surface area contributed by atoms with E-state index in [9.17, 15) is 40.3 Å². The minimum Gasteiger partial charge on any atom is -0.373 e. The maximum absolute atomic E-state index is 14.5. The smallest absolute Gasteiger partial charge is 0.373 e. The van der Waals surface area contributed by atoms with Gasteiger partial charge in [-0.1, -0.05) is 36.4 Å². The molecule has 2 aromatic carbocycles. The van der Waals surface area contributed by atoms with Crippen molar-refractivity contribution in [1.82, 2.24) is 9.78 Å². The number of carbonyl (C=O) groups is 2. The molecule has 0 saturated heterocycles. The third-order valence-electron chi connectivity index (χ3n) is 4.89. The molecule has 0 unspecified atom stereocenters. The molecule has 3 rings (SSSR count). The summed E-state index contributed by atoms with van der Waals surface area (Å²) < 4.78 is 98.9. The highest BCUT2D eigenvalue weighted by molar-refractivity contribution is 9.10. The van der Waals surface area contributed by atoms with E-state index in [0.717, 1.165) is 13.0 Å². The van der Waals surface area contributed by atoms with Gasteiger partial charge in [-0.3, -0.25) is 0 Å². The molecule has 0 bridgehead atoms. The number of alkyl halides is 7. The molecule has 35 heavy (non-hydrogen) atoms. The van der Waals surface area contributed by atoms with Crippen LogP contribution in [0.2, 0.25) is 0 Å². The molecule has 0 fully saturated rings. The van der Waals surface area contributed by atoms with Gasteiger partial charge in [-0.15, -0.1) is 0 Å². The number of halogens is 8. The quantitative estimate of drug-likeness (QED) is 0.233. The molecule has 186 valence electrons. The molecule has 0 radical (unpaired) electrons. The average molecular weight is 568 g/mol. The van der Waals surface area contributed by atoms with E-state index in [-0.39, 0.29) is 21.4 Å². The van der Waals surface area contributed by atoms with Gasteiger partial charge in [0.1, 0.15) is 15.9 Å². The standard InChI is InChI=1S/C21H13BrF7N3O3/c1-10-9-11(19(23,20(24,25)26)21(27,28)29)7-8-13(10)15-14(17(33)35-18(30)34)16(22)32(31-15)12-5-3-2-4-6-12/h2-9H,1H3,(H2,30,34). The van der Waals surface area contributed by atoms with Crippen molar-refractivity contribution < 1.29 is 45.1 Å². The Morgan fingerprint density at radius 1 is 0.971 bits per heavy atom. The first-order valence-corrected chi connectivity index (χ1v) is 10.2. The lowest BCUT2D eigenvalue weighted by atomic mass is 9.90. The van der Waals surface area contributed by atoms with Crippen LogP contribution in [0.1, 0.15) is 21.5 Å². The fraction of sp³-hybridized carbons (Fsp3) is 0.190. The summed E-state index contributed by atoms with van der Waals surface area (Å²) in [5.41, 5.74) is -3.16. The van der Waals surface area contributed by atoms with Gasteiger partial charge in [-0.25, -0.2) is 18.7 Å². The van der Waals surface area contributed by atoms with Crippen LogP contribution in [0.5, 0.6) is 0 Å². The minimum absolute atomic E-state index is 0.0566. The van der Waals surface area contributed by atoms with Crippen LogP contribution in [-0.2, 0) is 10.4 Å². The van der Waals surface area contributed by atoms with Crippen molar-refractivity contribution in [3.05, 3.63) is 69.8 Å². The van der Waals surface area contributed by atoms with Crippen LogP contribution in [0, 0.1) is 6.92 Å². The summed E-state index contributed by atoms with van der Waals surface area (Å²) in [7, 11) is 0. The highest BCUT2D eigenvalue weighted by Gasteiger charge is 2.73. The summed E-state index contributed by atoms with van der Waals surface area (Å²) in [4.78, 5) is 23.7. The van der Waals surface area contributed by atoms with Gasteiger partial charge in [0.15, 0.2) is 0 Å². The highest BCUT2D eigenvalue weighted by Crippen LogP contribution is 2.53. The number of carbonyl (C=O) groups excluding carboxylic acids is 2. The highest BCUT2D eigenvalue weighted by atomic mass is 79.9. The second-order valence-corrected chi connectivity index (χ2v) is 7.91. The number of amides is 1. The Hall–Kier alpha value is -3.42. The molecular weight excluding hydrogens is 555 g/mol. The average Bonchev–Trinajstić information content (AvgIpc) is 3.08. The lowest BCUT2D eigenvalue weighted by Gasteiger charge is -2.30. The number of hydrogen-bond acceptors (Lipinski definition) is 4. The topological polar surface area (TPSA) is 87.2 Å². The number of benzene rings is 2. The molecule has 0 saturated carbocycles. The Morgan fingerprint density at radius 3 is 2.03 bits per heavy atom. The van der Waals surface area contributed by atoms with Gasteiger partial charge < -0.3 is 10.5 Å². The fourth-order valence-electron chi connectivity index (χ4n) is 3.28. The van der Waals surface area contributed by atoms with Crippen molar-refractivity contribution >= 4 is 28.0 Å². The number of para-hydroxylation sites is 1. The molecule has 1 aromatic heterocycles. The molecule has 2 N–H and O–H groups in total. The largest absolute Gasteiger partial charge is 0.435 e. The molecule has 1 heterocycles. The van der Waals surface area contributed by atoms with Crippen molar-refractivity contribution in [2.75, 3.05) is 0 Å². The number of ether oxygens (including phenoxy) is 1. The van der Waals surface area contributed by atoms with Gasteiger partial charge in [0.2, 0.25) is 0 Å². The van der Waals surface area contributed by atoms with Crippen molar-refractivity contribution in [3.8, 4) is 16.9 Å². The van der Waals surface area contributed by atoms with Gasteiger partial charge in [0, 0.05) is 11.1 Å². The van der Waals surface area contributed by atoms with E-state index in [0.29, 0.717) is 17.8 Å². The molecule has 0 aliphatic carbocycles. The third kappa shape index (κ3) is 4.61. The normalized spacial score (nSPS) is 12.5. The second kappa shape index (κ2) is 8.98. The lowest BCUT2D eigenvalue weighted by molar-refractivity contribution is -0.348. The lowest BCUT2D eigenvalue weighted by Crippen LogP contribution is -2.50. The van der Waals surface area contributed by atoms with Crippen LogP contribution >= 0.6 is 15.9 Å². The van der Waals surface area contributed by atoms with Gasteiger partial charge >= 0.3 is 30.1 Å². The zero-order valence-corrected chi connectivity index (χ0v) is 18.9. The van der Waals surface area contributed by atoms with Crippen molar-refractivity contribution in [1.29, 1.82) is 0 Å². The number of aromatic nitrogens is 2. The molecule has 14 heteroatoms. The van der Waals surface area contributed by atoms with Crippen LogP contribution in [0.3, 0.4) is 0 Å². The fourth-order valence-corrected chi connectivity index (χ4v) is 3.91. The monoisotopic (exact) mass is 567 g/mol. The molecule has 6 nitrogen and oxygen atoms in total. The van der Waals surface area contributed by atoms with E-state index in [1.54, 1.807) is 30.3 Å². The van der Waals surface area contributed by atoms with E-state index in [1.165, 1.54) is 4.68 Å². The predicted octanol–water partition coefficient (Wildman–Crippen LogP) is 6.14. The van der Waals surface area contributed by atoms with Gasteiger partial charge in [-0.2, -0.15) is 31.4 Å². The number of rotatable bonds is 4. The molecule has 1 amide bonds. The van der Waals surface area contributed by atoms with E-state index < -0.39 is 41.2 Å². The first kappa shape index (κ1) is 26.2. The summed E-state index contributed by atoms with van der Waals surface area (Å²) in [5, 5.41) is 4.21. The third-order valence-corrected chi connectivity index (χ3v) is 5.62. The zero-order chi connectivity index (χ0) is 26.3. The molecule has 0 spiro atoms. The van der Waals surface area contributed by atoms with Crippen molar-refractivity contribution in [3.63, 3.8) is 0 Å². The predicted molar refractivity (Wildman–Crippen MR) is 111 cm³/mol. The SMILES string of the molecule is Cc1cc(C(F)(C(F)(F)F)C(F)(F)F)ccc1-c1nn(-c2ccccc2)c(Br)c1C(=O)OC(N)=O. The molecule has 0 aliphatic rings. The van der Waals surface area contributed by atoms with E-state index in [4.69, 9.17) is 5.73 Å².